The van der Waals surface area contributed by atoms with Gasteiger partial charge in [0.2, 0.25) is 5.78 Å². The number of hydrogen-bond donors (Lipinski definition) is 1. The first-order chi connectivity index (χ1) is 11.8. The lowest BCUT2D eigenvalue weighted by atomic mass is 10.1. The lowest BCUT2D eigenvalue weighted by Gasteiger charge is -2.14. The van der Waals surface area contributed by atoms with E-state index in [1.54, 1.807) is 45.0 Å². The number of benzene rings is 1. The molecule has 6 heteroatoms. The van der Waals surface area contributed by atoms with Crippen LogP contribution in [-0.2, 0) is 4.74 Å². The summed E-state index contributed by atoms with van der Waals surface area (Å²) in [5, 5.41) is 0. The van der Waals surface area contributed by atoms with Gasteiger partial charge in [0.15, 0.2) is 11.9 Å². The summed E-state index contributed by atoms with van der Waals surface area (Å²) < 4.78 is 10.4. The maximum atomic E-state index is 12.7. The molecule has 0 radical (unpaired) electrons. The molecule has 0 unspecified atom stereocenters. The predicted molar refractivity (Wildman–Crippen MR) is 92.5 cm³/mol. The Morgan fingerprint density at radius 3 is 2.44 bits per heavy atom. The lowest BCUT2D eigenvalue weighted by Crippen LogP contribution is -2.25. The molecule has 0 aliphatic rings. The van der Waals surface area contributed by atoms with Crippen molar-refractivity contribution in [3.63, 3.8) is 0 Å². The zero-order valence-electron chi connectivity index (χ0n) is 14.9. The lowest BCUT2D eigenvalue weighted by molar-refractivity contribution is 0.0599. The Hall–Kier alpha value is -2.89. The van der Waals surface area contributed by atoms with Crippen molar-refractivity contribution in [2.75, 3.05) is 7.11 Å². The maximum Gasteiger partial charge on any atom is 0.339 e. The van der Waals surface area contributed by atoms with Crippen LogP contribution in [0.1, 0.15) is 56.3 Å². The van der Waals surface area contributed by atoms with Gasteiger partial charge in [0.05, 0.1) is 18.4 Å². The van der Waals surface area contributed by atoms with Gasteiger partial charge in [-0.25, -0.2) is 4.79 Å². The Morgan fingerprint density at radius 1 is 1.16 bits per heavy atom. The van der Waals surface area contributed by atoms with Crippen molar-refractivity contribution in [1.82, 2.24) is 4.98 Å². The number of methoxy groups -OCH3 is 1. The highest BCUT2D eigenvalue weighted by Gasteiger charge is 2.26. The molecule has 2 rings (SSSR count). The van der Waals surface area contributed by atoms with E-state index in [4.69, 9.17) is 9.47 Å². The SMILES string of the molecule is COC(=O)c1c(C)[nH]c(C(=O)[C@@H](C)Oc2cccc(C(C)=O)c2)c1C. The van der Waals surface area contributed by atoms with E-state index in [0.717, 1.165) is 0 Å². The van der Waals surface area contributed by atoms with Crippen molar-refractivity contribution >= 4 is 17.5 Å². The van der Waals surface area contributed by atoms with Crippen LogP contribution < -0.4 is 4.74 Å². The molecule has 0 aliphatic carbocycles. The van der Waals surface area contributed by atoms with E-state index < -0.39 is 12.1 Å². The summed E-state index contributed by atoms with van der Waals surface area (Å²) in [5.41, 5.74) is 2.28. The molecule has 1 N–H and O–H groups in total. The number of aromatic nitrogens is 1. The van der Waals surface area contributed by atoms with Gasteiger partial charge in [-0.15, -0.1) is 0 Å². The highest BCUT2D eigenvalue weighted by Crippen LogP contribution is 2.22. The number of esters is 1. The van der Waals surface area contributed by atoms with Crippen molar-refractivity contribution in [3.8, 4) is 5.75 Å². The van der Waals surface area contributed by atoms with Crippen LogP contribution in [-0.4, -0.2) is 35.7 Å². The van der Waals surface area contributed by atoms with E-state index in [2.05, 4.69) is 4.98 Å². The second-order valence-electron chi connectivity index (χ2n) is 5.82. The summed E-state index contributed by atoms with van der Waals surface area (Å²) >= 11 is 0. The number of rotatable bonds is 6. The van der Waals surface area contributed by atoms with Gasteiger partial charge in [-0.05, 0) is 45.4 Å². The number of H-pyrrole nitrogens is 1. The normalized spacial score (nSPS) is 11.7. The highest BCUT2D eigenvalue weighted by atomic mass is 16.5. The molecule has 0 bridgehead atoms. The van der Waals surface area contributed by atoms with E-state index in [1.165, 1.54) is 14.0 Å². The van der Waals surface area contributed by atoms with Gasteiger partial charge in [-0.1, -0.05) is 12.1 Å². The summed E-state index contributed by atoms with van der Waals surface area (Å²) in [4.78, 5) is 38.9. The second kappa shape index (κ2) is 7.34. The van der Waals surface area contributed by atoms with Crippen LogP contribution in [0.25, 0.3) is 0 Å². The van der Waals surface area contributed by atoms with E-state index in [-0.39, 0.29) is 11.6 Å². The molecular formula is C19H21NO5. The average Bonchev–Trinajstić information content (AvgIpc) is 2.88. The van der Waals surface area contributed by atoms with Crippen LogP contribution in [0.5, 0.6) is 5.75 Å². The minimum atomic E-state index is -0.788. The van der Waals surface area contributed by atoms with Crippen molar-refractivity contribution < 1.29 is 23.9 Å². The van der Waals surface area contributed by atoms with Crippen molar-refractivity contribution in [1.29, 1.82) is 0 Å². The van der Waals surface area contributed by atoms with Gasteiger partial charge in [-0.2, -0.15) is 0 Å². The van der Waals surface area contributed by atoms with Crippen molar-refractivity contribution in [3.05, 3.63) is 52.3 Å². The van der Waals surface area contributed by atoms with Crippen molar-refractivity contribution in [2.24, 2.45) is 0 Å². The van der Waals surface area contributed by atoms with E-state index in [9.17, 15) is 14.4 Å². The molecule has 2 aromatic rings. The Balaban J connectivity index is 2.25. The Bertz CT molecular complexity index is 834. The Kier molecular flexibility index (Phi) is 5.41. The molecule has 132 valence electrons. The quantitative estimate of drug-likeness (QED) is 0.643. The summed E-state index contributed by atoms with van der Waals surface area (Å²) in [6, 6.07) is 6.66. The number of aryl methyl sites for hydroxylation is 1. The molecule has 1 aromatic carbocycles. The highest BCUT2D eigenvalue weighted by molar-refractivity contribution is 6.03. The number of ether oxygens (including phenoxy) is 2. The van der Waals surface area contributed by atoms with E-state index in [0.29, 0.717) is 33.8 Å². The number of ketones is 2. The number of carbonyl (C=O) groups excluding carboxylic acids is 3. The van der Waals surface area contributed by atoms with Crippen molar-refractivity contribution in [2.45, 2.75) is 33.8 Å². The van der Waals surface area contributed by atoms with Crippen LogP contribution in [0.2, 0.25) is 0 Å². The molecular weight excluding hydrogens is 322 g/mol. The smallest absolute Gasteiger partial charge is 0.339 e. The molecule has 0 aliphatic heterocycles. The topological polar surface area (TPSA) is 85.5 Å². The third kappa shape index (κ3) is 3.79. The first-order valence-corrected chi connectivity index (χ1v) is 7.85. The van der Waals surface area contributed by atoms with Gasteiger partial charge in [0, 0.05) is 11.3 Å². The molecule has 6 nitrogen and oxygen atoms in total. The Morgan fingerprint density at radius 2 is 1.84 bits per heavy atom. The molecule has 25 heavy (non-hydrogen) atoms. The van der Waals surface area contributed by atoms with Crippen LogP contribution in [0, 0.1) is 13.8 Å². The molecule has 0 spiro atoms. The first kappa shape index (κ1) is 18.4. The van der Waals surface area contributed by atoms with Gasteiger partial charge in [0.25, 0.3) is 0 Å². The summed E-state index contributed by atoms with van der Waals surface area (Å²) in [6.07, 6.45) is -0.788. The average molecular weight is 343 g/mol. The molecule has 0 fully saturated rings. The van der Waals surface area contributed by atoms with Crippen LogP contribution in [0.15, 0.2) is 24.3 Å². The summed E-state index contributed by atoms with van der Waals surface area (Å²) in [5.74, 6) is -0.428. The van der Waals surface area contributed by atoms with Gasteiger partial charge >= 0.3 is 5.97 Å². The standard InChI is InChI=1S/C19H21NO5/c1-10-16(19(23)24-5)11(2)20-17(10)18(22)13(4)25-15-8-6-7-14(9-15)12(3)21/h6-9,13,20H,1-5H3/t13-/m1/s1. The fraction of sp³-hybridized carbons (Fsp3) is 0.316. The Labute approximate surface area is 146 Å². The molecule has 1 aromatic heterocycles. The van der Waals surface area contributed by atoms with E-state index >= 15 is 0 Å². The number of nitrogens with one attached hydrogen (secondary N) is 1. The second-order valence-corrected chi connectivity index (χ2v) is 5.82. The van der Waals surface area contributed by atoms with Crippen LogP contribution in [0.4, 0.5) is 0 Å². The molecule has 0 saturated carbocycles. The fourth-order valence-corrected chi connectivity index (χ4v) is 2.65. The molecule has 0 saturated heterocycles. The minimum Gasteiger partial charge on any atom is -0.482 e. The minimum absolute atomic E-state index is 0.0806. The molecule has 0 amide bonds. The molecule has 1 heterocycles. The maximum absolute atomic E-state index is 12.7. The first-order valence-electron chi connectivity index (χ1n) is 7.85. The van der Waals surface area contributed by atoms with Gasteiger partial charge in [0.1, 0.15) is 5.75 Å². The number of carbonyl (C=O) groups is 3. The van der Waals surface area contributed by atoms with Crippen LogP contribution >= 0.6 is 0 Å². The monoisotopic (exact) mass is 343 g/mol. The third-order valence-corrected chi connectivity index (χ3v) is 4.00. The largest absolute Gasteiger partial charge is 0.482 e. The third-order valence-electron chi connectivity index (χ3n) is 4.00. The zero-order valence-corrected chi connectivity index (χ0v) is 14.9. The number of Topliss-reactive ketones (excluding diaryl/α,β-unsaturated/α-hetero) is 2. The van der Waals surface area contributed by atoms with Gasteiger partial charge < -0.3 is 14.5 Å². The number of aromatic amines is 1. The summed E-state index contributed by atoms with van der Waals surface area (Å²) in [7, 11) is 1.30. The van der Waals surface area contributed by atoms with E-state index in [1.807, 2.05) is 0 Å². The predicted octanol–water partition coefficient (Wildman–Crippen LogP) is 3.27. The number of hydrogen-bond acceptors (Lipinski definition) is 5. The zero-order chi connectivity index (χ0) is 18.7. The van der Waals surface area contributed by atoms with Crippen LogP contribution in [0.3, 0.4) is 0 Å². The van der Waals surface area contributed by atoms with Gasteiger partial charge in [-0.3, -0.25) is 9.59 Å². The summed E-state index contributed by atoms with van der Waals surface area (Å²) in [6.45, 7) is 6.48. The fourth-order valence-electron chi connectivity index (χ4n) is 2.65. The molecule has 1 atom stereocenters.